The van der Waals surface area contributed by atoms with Gasteiger partial charge in [-0.3, -0.25) is 14.2 Å². The second-order valence-electron chi connectivity index (χ2n) is 7.06. The van der Waals surface area contributed by atoms with Crippen LogP contribution >= 0.6 is 0 Å². The molecule has 0 radical (unpaired) electrons. The normalized spacial score (nSPS) is 10.9. The molecule has 7 nitrogen and oxygen atoms in total. The van der Waals surface area contributed by atoms with Crippen molar-refractivity contribution in [1.82, 2.24) is 14.9 Å². The molecule has 0 bridgehead atoms. The van der Waals surface area contributed by atoms with E-state index in [0.717, 1.165) is 54.6 Å². The Morgan fingerprint density at radius 1 is 1.14 bits per heavy atom. The van der Waals surface area contributed by atoms with Crippen LogP contribution in [-0.2, 0) is 22.4 Å². The number of rotatable bonds is 11. The number of carbonyl (C=O) groups excluding carboxylic acids is 2. The summed E-state index contributed by atoms with van der Waals surface area (Å²) in [6.45, 7) is 0.708. The van der Waals surface area contributed by atoms with Gasteiger partial charge in [-0.2, -0.15) is 0 Å². The highest BCUT2D eigenvalue weighted by atomic mass is 16.3. The predicted octanol–water partition coefficient (Wildman–Crippen LogP) is 2.61. The third-order valence-electron chi connectivity index (χ3n) is 4.84. The maximum Gasteiger partial charge on any atom is 0.217 e. The van der Waals surface area contributed by atoms with E-state index in [-0.39, 0.29) is 18.1 Å². The second kappa shape index (κ2) is 9.73. The van der Waals surface area contributed by atoms with Gasteiger partial charge in [0.1, 0.15) is 11.6 Å². The lowest BCUT2D eigenvalue weighted by Crippen LogP contribution is -2.13. The molecule has 2 aromatic carbocycles. The molecule has 0 aliphatic carbocycles. The molecule has 0 fully saturated rings. The second-order valence-corrected chi connectivity index (χ2v) is 7.06. The first-order valence-electron chi connectivity index (χ1n) is 9.83. The summed E-state index contributed by atoms with van der Waals surface area (Å²) in [6, 6.07) is 13.2. The first-order chi connectivity index (χ1) is 14.1. The number of aryl methyl sites for hydroxylation is 2. The number of imidazole rings is 1. The minimum atomic E-state index is -0.371. The van der Waals surface area contributed by atoms with Crippen LogP contribution in [0.5, 0.6) is 5.75 Å². The van der Waals surface area contributed by atoms with Gasteiger partial charge >= 0.3 is 0 Å². The number of nitrogens with zero attached hydrogens (tertiary/aromatic N) is 2. The molecule has 1 aromatic heterocycles. The van der Waals surface area contributed by atoms with E-state index in [9.17, 15) is 14.7 Å². The van der Waals surface area contributed by atoms with E-state index in [0.29, 0.717) is 13.0 Å². The zero-order valence-corrected chi connectivity index (χ0v) is 16.3. The zero-order valence-electron chi connectivity index (χ0n) is 16.3. The molecule has 0 atom stereocenters. The maximum atomic E-state index is 11.3. The van der Waals surface area contributed by atoms with Gasteiger partial charge in [0, 0.05) is 25.5 Å². The molecule has 3 rings (SSSR count). The Balaban J connectivity index is 1.84. The van der Waals surface area contributed by atoms with Crippen molar-refractivity contribution in [2.45, 2.75) is 38.5 Å². The molecule has 152 valence electrons. The summed E-state index contributed by atoms with van der Waals surface area (Å²) < 4.78 is 1.97. The average molecular weight is 394 g/mol. The lowest BCUT2D eigenvalue weighted by atomic mass is 10.1. The van der Waals surface area contributed by atoms with Crippen molar-refractivity contribution >= 4 is 23.4 Å². The molecule has 0 spiro atoms. The molecule has 3 aromatic rings. The van der Waals surface area contributed by atoms with Crippen LogP contribution in [-0.4, -0.2) is 33.5 Å². The van der Waals surface area contributed by atoms with Crippen molar-refractivity contribution in [2.75, 3.05) is 6.54 Å². The molecular weight excluding hydrogens is 368 g/mol. The van der Waals surface area contributed by atoms with Gasteiger partial charge in [0.2, 0.25) is 12.3 Å². The Kier molecular flexibility index (Phi) is 6.84. The minimum Gasteiger partial charge on any atom is -0.508 e. The van der Waals surface area contributed by atoms with E-state index in [1.807, 2.05) is 16.7 Å². The van der Waals surface area contributed by atoms with Gasteiger partial charge in [0.15, 0.2) is 0 Å². The number of hydrogen-bond acceptors (Lipinski definition) is 4. The van der Waals surface area contributed by atoms with Crippen molar-refractivity contribution in [2.24, 2.45) is 5.73 Å². The summed E-state index contributed by atoms with van der Waals surface area (Å²) in [5.41, 5.74) is 9.10. The number of primary amides is 1. The molecule has 0 unspecified atom stereocenters. The number of hydrogen-bond donors (Lipinski definition) is 3. The third-order valence-corrected chi connectivity index (χ3v) is 4.84. The van der Waals surface area contributed by atoms with Crippen LogP contribution in [0.15, 0.2) is 42.5 Å². The number of nitrogens with one attached hydrogen (secondary N) is 1. The van der Waals surface area contributed by atoms with Crippen LogP contribution in [0, 0.1) is 0 Å². The number of phenolic OH excluding ortho intramolecular Hbond substituents is 1. The van der Waals surface area contributed by atoms with Gasteiger partial charge < -0.3 is 16.2 Å². The predicted molar refractivity (Wildman–Crippen MR) is 112 cm³/mol. The first-order valence-corrected chi connectivity index (χ1v) is 9.83. The number of benzene rings is 2. The van der Waals surface area contributed by atoms with E-state index in [1.54, 1.807) is 18.2 Å². The summed E-state index contributed by atoms with van der Waals surface area (Å²) >= 11 is 0. The number of fused-ring (bicyclic) bond motifs is 1. The van der Waals surface area contributed by atoms with Crippen molar-refractivity contribution in [3.8, 4) is 11.4 Å². The first kappa shape index (κ1) is 20.4. The van der Waals surface area contributed by atoms with E-state index in [2.05, 4.69) is 17.4 Å². The van der Waals surface area contributed by atoms with E-state index in [1.165, 1.54) is 5.56 Å². The Bertz CT molecular complexity index is 997. The van der Waals surface area contributed by atoms with Gasteiger partial charge in [-0.15, -0.1) is 0 Å². The molecule has 2 amide bonds. The quantitative estimate of drug-likeness (QED) is 0.343. The topological polar surface area (TPSA) is 110 Å². The van der Waals surface area contributed by atoms with E-state index < -0.39 is 0 Å². The highest BCUT2D eigenvalue weighted by Crippen LogP contribution is 2.26. The largest absolute Gasteiger partial charge is 0.508 e. The lowest BCUT2D eigenvalue weighted by molar-refractivity contribution is -0.118. The number of aromatic nitrogens is 2. The van der Waals surface area contributed by atoms with Crippen LogP contribution in [0.1, 0.15) is 37.1 Å². The monoisotopic (exact) mass is 394 g/mol. The number of nitrogens with two attached hydrogens (primary N) is 1. The fourth-order valence-electron chi connectivity index (χ4n) is 3.45. The van der Waals surface area contributed by atoms with Crippen molar-refractivity contribution in [3.63, 3.8) is 0 Å². The fourth-order valence-corrected chi connectivity index (χ4v) is 3.45. The standard InChI is InChI=1S/C22H26N4O3/c23-21(29)10-11-22-25-19-13-16(5-2-1-3-12-24-15-27)8-9-20(19)26(22)17-6-4-7-18(28)14-17/h4,6-9,13-15,28H,1-3,5,10-12H2,(H2,23,29)(H,24,27). The molecule has 4 N–H and O–H groups in total. The smallest absolute Gasteiger partial charge is 0.217 e. The molecule has 0 aliphatic rings. The molecular formula is C22H26N4O3. The van der Waals surface area contributed by atoms with Crippen LogP contribution in [0.4, 0.5) is 0 Å². The summed E-state index contributed by atoms with van der Waals surface area (Å²) in [5.74, 6) is 0.539. The SMILES string of the molecule is NC(=O)CCc1nc2cc(CCCCCNC=O)ccc2n1-c1cccc(O)c1. The van der Waals surface area contributed by atoms with Crippen LogP contribution < -0.4 is 11.1 Å². The zero-order chi connectivity index (χ0) is 20.6. The summed E-state index contributed by atoms with van der Waals surface area (Å²) in [6.07, 6.45) is 5.35. The van der Waals surface area contributed by atoms with E-state index >= 15 is 0 Å². The summed E-state index contributed by atoms with van der Waals surface area (Å²) in [5, 5.41) is 12.6. The number of carbonyl (C=O) groups is 2. The molecule has 7 heteroatoms. The Hall–Kier alpha value is -3.35. The van der Waals surface area contributed by atoms with Crippen molar-refractivity contribution < 1.29 is 14.7 Å². The molecule has 0 saturated carbocycles. The van der Waals surface area contributed by atoms with E-state index in [4.69, 9.17) is 10.7 Å². The Morgan fingerprint density at radius 3 is 2.76 bits per heavy atom. The number of unbranched alkanes of at least 4 members (excludes halogenated alkanes) is 2. The number of amides is 2. The molecule has 0 aliphatic heterocycles. The molecule has 1 heterocycles. The van der Waals surface area contributed by atoms with Gasteiger partial charge in [-0.25, -0.2) is 4.98 Å². The van der Waals surface area contributed by atoms with Crippen LogP contribution in [0.2, 0.25) is 0 Å². The Labute approximate surface area is 169 Å². The van der Waals surface area contributed by atoms with Gasteiger partial charge in [0.05, 0.1) is 16.7 Å². The van der Waals surface area contributed by atoms with Gasteiger partial charge in [-0.1, -0.05) is 18.6 Å². The summed E-state index contributed by atoms with van der Waals surface area (Å²) in [7, 11) is 0. The van der Waals surface area contributed by atoms with Crippen molar-refractivity contribution in [3.05, 3.63) is 53.9 Å². The number of phenols is 1. The lowest BCUT2D eigenvalue weighted by Gasteiger charge is -2.09. The number of aromatic hydroxyl groups is 1. The molecule has 29 heavy (non-hydrogen) atoms. The highest BCUT2D eigenvalue weighted by molar-refractivity contribution is 5.80. The highest BCUT2D eigenvalue weighted by Gasteiger charge is 2.14. The summed E-state index contributed by atoms with van der Waals surface area (Å²) in [4.78, 5) is 26.3. The third kappa shape index (κ3) is 5.34. The maximum absolute atomic E-state index is 11.3. The van der Waals surface area contributed by atoms with Crippen LogP contribution in [0.3, 0.4) is 0 Å². The van der Waals surface area contributed by atoms with Crippen molar-refractivity contribution in [1.29, 1.82) is 0 Å². The fraction of sp³-hybridized carbons (Fsp3) is 0.318. The minimum absolute atomic E-state index is 0.172. The average Bonchev–Trinajstić information content (AvgIpc) is 3.06. The van der Waals surface area contributed by atoms with Crippen LogP contribution in [0.25, 0.3) is 16.7 Å². The van der Waals surface area contributed by atoms with Gasteiger partial charge in [-0.05, 0) is 49.1 Å². The van der Waals surface area contributed by atoms with Gasteiger partial charge in [0.25, 0.3) is 0 Å². The Morgan fingerprint density at radius 2 is 2.00 bits per heavy atom. The molecule has 0 saturated heterocycles.